The normalized spacial score (nSPS) is 11.6. The van der Waals surface area contributed by atoms with Gasteiger partial charge in [-0.15, -0.1) is 0 Å². The summed E-state index contributed by atoms with van der Waals surface area (Å²) in [6.07, 6.45) is 23.7. The molecule has 36 heavy (non-hydrogen) atoms. The molecule has 1 unspecified atom stereocenters. The zero-order valence-corrected chi connectivity index (χ0v) is 23.8. The molecule has 4 nitrogen and oxygen atoms in total. The second kappa shape index (κ2) is 22.5. The summed E-state index contributed by atoms with van der Waals surface area (Å²) in [6, 6.07) is 16.1. The number of rotatable bonds is 21. The van der Waals surface area contributed by atoms with Gasteiger partial charge in [-0.25, -0.2) is 4.57 Å². The molecule has 5 heteroatoms. The van der Waals surface area contributed by atoms with Gasteiger partial charge in [0.1, 0.15) is 6.54 Å². The molecular formula is C31H49BrN2O2. The van der Waals surface area contributed by atoms with Crippen molar-refractivity contribution in [3.63, 3.8) is 0 Å². The van der Waals surface area contributed by atoms with Crippen molar-refractivity contribution in [2.45, 2.75) is 115 Å². The minimum Gasteiger partial charge on any atom is -1.00 e. The first-order chi connectivity index (χ1) is 17.3. The third-order valence-electron chi connectivity index (χ3n) is 6.76. The standard InChI is InChI=1S/C31H48N2O2.BrH/c34-28-30(27-29-21-15-13-16-22-29)32-31(35)23-17-11-9-7-5-3-1-2-4-6-8-10-12-18-24-33-25-19-14-20-26-33;/h13-16,19-22,25-26,30,34H,1-12,17-18,23-24,27-28H2;1H. The van der Waals surface area contributed by atoms with Crippen LogP contribution in [0.4, 0.5) is 0 Å². The lowest BCUT2D eigenvalue weighted by Gasteiger charge is -2.16. The fraction of sp³-hybridized carbons (Fsp3) is 0.613. The Morgan fingerprint density at radius 3 is 1.69 bits per heavy atom. The molecule has 0 spiro atoms. The largest absolute Gasteiger partial charge is 1.00 e. The van der Waals surface area contributed by atoms with E-state index in [9.17, 15) is 9.90 Å². The summed E-state index contributed by atoms with van der Waals surface area (Å²) in [6.45, 7) is 1.13. The van der Waals surface area contributed by atoms with E-state index >= 15 is 0 Å². The number of aliphatic hydroxyl groups excluding tert-OH is 1. The van der Waals surface area contributed by atoms with Gasteiger partial charge in [-0.2, -0.15) is 0 Å². The van der Waals surface area contributed by atoms with Crippen molar-refractivity contribution in [2.75, 3.05) is 6.61 Å². The predicted octanol–water partition coefficient (Wildman–Crippen LogP) is 3.55. The third kappa shape index (κ3) is 16.9. The fourth-order valence-electron chi connectivity index (χ4n) is 4.64. The van der Waals surface area contributed by atoms with E-state index in [4.69, 9.17) is 0 Å². The van der Waals surface area contributed by atoms with E-state index in [0.717, 1.165) is 24.9 Å². The number of hydrogen-bond donors (Lipinski definition) is 2. The van der Waals surface area contributed by atoms with Crippen molar-refractivity contribution in [3.8, 4) is 0 Å². The molecule has 1 amide bonds. The van der Waals surface area contributed by atoms with Gasteiger partial charge in [0.25, 0.3) is 0 Å². The van der Waals surface area contributed by atoms with Crippen LogP contribution in [0, 0.1) is 0 Å². The van der Waals surface area contributed by atoms with Crippen molar-refractivity contribution in [2.24, 2.45) is 0 Å². The molecule has 1 atom stereocenters. The first-order valence-electron chi connectivity index (χ1n) is 14.2. The van der Waals surface area contributed by atoms with Crippen LogP contribution in [0.1, 0.15) is 102 Å². The fourth-order valence-corrected chi connectivity index (χ4v) is 4.64. The highest BCUT2D eigenvalue weighted by Gasteiger charge is 2.11. The van der Waals surface area contributed by atoms with E-state index in [1.54, 1.807) is 0 Å². The highest BCUT2D eigenvalue weighted by Crippen LogP contribution is 2.13. The lowest BCUT2D eigenvalue weighted by Crippen LogP contribution is -3.00. The Kier molecular flexibility index (Phi) is 20.2. The quantitative estimate of drug-likeness (QED) is 0.181. The molecule has 0 fully saturated rings. The molecule has 1 aromatic heterocycles. The van der Waals surface area contributed by atoms with Crippen LogP contribution in [0.5, 0.6) is 0 Å². The molecular weight excluding hydrogens is 512 g/mol. The predicted molar refractivity (Wildman–Crippen MR) is 145 cm³/mol. The van der Waals surface area contributed by atoms with Crippen molar-refractivity contribution in [1.29, 1.82) is 0 Å². The lowest BCUT2D eigenvalue weighted by molar-refractivity contribution is -0.697. The average Bonchev–Trinajstić information content (AvgIpc) is 2.89. The number of benzene rings is 1. The van der Waals surface area contributed by atoms with Crippen molar-refractivity contribution in [3.05, 3.63) is 66.5 Å². The Morgan fingerprint density at radius 1 is 0.694 bits per heavy atom. The van der Waals surface area contributed by atoms with Gasteiger partial charge >= 0.3 is 0 Å². The second-order valence-electron chi connectivity index (χ2n) is 9.95. The number of aliphatic hydroxyl groups is 1. The SMILES string of the molecule is O=C(CCCCCCCCCCCCCCCC[n+]1ccccc1)NC(CO)Cc1ccccc1.[Br-]. The summed E-state index contributed by atoms with van der Waals surface area (Å²) < 4.78 is 2.28. The van der Waals surface area contributed by atoms with E-state index in [1.807, 2.05) is 30.3 Å². The average molecular weight is 562 g/mol. The first kappa shape index (κ1) is 32.3. The number of pyridine rings is 1. The molecule has 0 aliphatic rings. The summed E-state index contributed by atoms with van der Waals surface area (Å²) in [7, 11) is 0. The maximum absolute atomic E-state index is 12.2. The Morgan fingerprint density at radius 2 is 1.17 bits per heavy atom. The molecule has 0 radical (unpaired) electrons. The highest BCUT2D eigenvalue weighted by molar-refractivity contribution is 5.76. The monoisotopic (exact) mass is 560 g/mol. The Hall–Kier alpha value is -1.72. The third-order valence-corrected chi connectivity index (χ3v) is 6.76. The van der Waals surface area contributed by atoms with Crippen LogP contribution in [0.15, 0.2) is 60.9 Å². The van der Waals surface area contributed by atoms with Gasteiger partial charge in [0.2, 0.25) is 5.91 Å². The molecule has 0 saturated heterocycles. The zero-order valence-electron chi connectivity index (χ0n) is 22.3. The van der Waals surface area contributed by atoms with Crippen LogP contribution in [0.2, 0.25) is 0 Å². The maximum atomic E-state index is 12.2. The smallest absolute Gasteiger partial charge is 0.220 e. The summed E-state index contributed by atoms with van der Waals surface area (Å²) >= 11 is 0. The molecule has 0 aliphatic carbocycles. The van der Waals surface area contributed by atoms with Crippen LogP contribution >= 0.6 is 0 Å². The number of aromatic nitrogens is 1. The number of hydrogen-bond acceptors (Lipinski definition) is 2. The number of carbonyl (C=O) groups is 1. The van der Waals surface area contributed by atoms with E-state index in [1.165, 1.54) is 77.0 Å². The molecule has 0 bridgehead atoms. The zero-order chi connectivity index (χ0) is 24.8. The molecule has 202 valence electrons. The summed E-state index contributed by atoms with van der Waals surface area (Å²) in [5, 5.41) is 12.5. The molecule has 0 saturated carbocycles. The van der Waals surface area contributed by atoms with E-state index < -0.39 is 0 Å². The number of carbonyl (C=O) groups excluding carboxylic acids is 1. The van der Waals surface area contributed by atoms with Crippen LogP contribution < -0.4 is 26.9 Å². The Labute approximate surface area is 230 Å². The van der Waals surface area contributed by atoms with Crippen LogP contribution in [0.3, 0.4) is 0 Å². The number of nitrogens with one attached hydrogen (secondary N) is 1. The molecule has 2 rings (SSSR count). The van der Waals surface area contributed by atoms with Crippen LogP contribution in [-0.4, -0.2) is 23.7 Å². The number of unbranched alkanes of at least 4 members (excludes halogenated alkanes) is 13. The van der Waals surface area contributed by atoms with Gasteiger partial charge in [-0.1, -0.05) is 107 Å². The van der Waals surface area contributed by atoms with Crippen LogP contribution in [0.25, 0.3) is 0 Å². The topological polar surface area (TPSA) is 53.2 Å². The number of halogens is 1. The number of aryl methyl sites for hydroxylation is 1. The second-order valence-corrected chi connectivity index (χ2v) is 9.95. The number of amides is 1. The molecule has 1 heterocycles. The summed E-state index contributed by atoms with van der Waals surface area (Å²) in [5.41, 5.74) is 1.14. The lowest BCUT2D eigenvalue weighted by atomic mass is 10.0. The van der Waals surface area contributed by atoms with Crippen molar-refractivity contribution in [1.82, 2.24) is 5.32 Å². The number of nitrogens with zero attached hydrogens (tertiary/aromatic N) is 1. The van der Waals surface area contributed by atoms with E-state index in [0.29, 0.717) is 12.8 Å². The Bertz CT molecular complexity index is 758. The maximum Gasteiger partial charge on any atom is 0.220 e. The van der Waals surface area contributed by atoms with Crippen molar-refractivity contribution < 1.29 is 31.4 Å². The Balaban J connectivity index is 0.00000648. The summed E-state index contributed by atoms with van der Waals surface area (Å²) in [4.78, 5) is 12.2. The highest BCUT2D eigenvalue weighted by atomic mass is 79.9. The van der Waals surface area contributed by atoms with Gasteiger partial charge in [0, 0.05) is 25.0 Å². The van der Waals surface area contributed by atoms with Crippen LogP contribution in [-0.2, 0) is 17.8 Å². The van der Waals surface area contributed by atoms with Gasteiger partial charge in [-0.05, 0) is 24.8 Å². The van der Waals surface area contributed by atoms with Gasteiger partial charge < -0.3 is 27.4 Å². The van der Waals surface area contributed by atoms with E-state index in [2.05, 4.69) is 40.5 Å². The van der Waals surface area contributed by atoms with Gasteiger partial charge in [-0.3, -0.25) is 4.79 Å². The van der Waals surface area contributed by atoms with E-state index in [-0.39, 0.29) is 35.5 Å². The van der Waals surface area contributed by atoms with Crippen molar-refractivity contribution >= 4 is 5.91 Å². The molecule has 2 aromatic rings. The van der Waals surface area contributed by atoms with Gasteiger partial charge in [0.05, 0.1) is 12.6 Å². The molecule has 0 aliphatic heterocycles. The van der Waals surface area contributed by atoms with Gasteiger partial charge in [0.15, 0.2) is 12.4 Å². The first-order valence-corrected chi connectivity index (χ1v) is 14.2. The minimum absolute atomic E-state index is 0. The minimum atomic E-state index is -0.191. The molecule has 1 aromatic carbocycles. The molecule has 2 N–H and O–H groups in total. The summed E-state index contributed by atoms with van der Waals surface area (Å²) in [5.74, 6) is 0.0649.